The Morgan fingerprint density at radius 3 is 2.31 bits per heavy atom. The Bertz CT molecular complexity index is 1260. The van der Waals surface area contributed by atoms with Gasteiger partial charge in [-0.1, -0.05) is 41.5 Å². The normalized spacial score (nSPS) is 10.6. The van der Waals surface area contributed by atoms with E-state index in [0.29, 0.717) is 17.0 Å². The largest absolute Gasteiger partial charge is 0.298 e. The van der Waals surface area contributed by atoms with Crippen LogP contribution in [0.25, 0.3) is 20.8 Å². The molecular formula is C28H34FN3O3S. The van der Waals surface area contributed by atoms with Gasteiger partial charge >= 0.3 is 0 Å². The van der Waals surface area contributed by atoms with E-state index in [1.807, 2.05) is 40.0 Å². The molecule has 0 radical (unpaired) electrons. The van der Waals surface area contributed by atoms with Gasteiger partial charge in [0.1, 0.15) is 5.82 Å². The number of rotatable bonds is 5. The maximum atomic E-state index is 12.6. The highest BCUT2D eigenvalue weighted by Gasteiger charge is 2.13. The molecule has 0 amide bonds. The Morgan fingerprint density at radius 1 is 1.08 bits per heavy atom. The number of hydrogen-bond acceptors (Lipinski definition) is 6. The lowest BCUT2D eigenvalue weighted by molar-refractivity contribution is -0.385. The Hall–Kier alpha value is -3.52. The van der Waals surface area contributed by atoms with Gasteiger partial charge in [-0.3, -0.25) is 24.9 Å². The zero-order valence-corrected chi connectivity index (χ0v) is 22.7. The van der Waals surface area contributed by atoms with Crippen LogP contribution in [-0.2, 0) is 0 Å². The molecule has 1 atom stereocenters. The zero-order valence-electron chi connectivity index (χ0n) is 21.9. The number of halogens is 1. The van der Waals surface area contributed by atoms with E-state index in [4.69, 9.17) is 0 Å². The first-order valence-corrected chi connectivity index (χ1v) is 12.9. The predicted octanol–water partition coefficient (Wildman–Crippen LogP) is 8.78. The van der Waals surface area contributed by atoms with Crippen LogP contribution in [0.15, 0.2) is 54.9 Å². The molecule has 0 aliphatic carbocycles. The number of non-ortho nitro benzene ring substituents is 1. The lowest BCUT2D eigenvalue weighted by Gasteiger charge is -2.08. The van der Waals surface area contributed by atoms with Crippen LogP contribution < -0.4 is 0 Å². The summed E-state index contributed by atoms with van der Waals surface area (Å²) in [5.41, 5.74) is 4.05. The number of aryl methyl sites for hydroxylation is 1. The third kappa shape index (κ3) is 8.02. The second-order valence-electron chi connectivity index (χ2n) is 7.32. The summed E-state index contributed by atoms with van der Waals surface area (Å²) >= 11 is 1.72. The minimum absolute atomic E-state index is 0.215. The van der Waals surface area contributed by atoms with Crippen LogP contribution in [0.2, 0.25) is 0 Å². The van der Waals surface area contributed by atoms with Gasteiger partial charge < -0.3 is 0 Å². The van der Waals surface area contributed by atoms with Crippen molar-refractivity contribution in [2.24, 2.45) is 0 Å². The second-order valence-corrected chi connectivity index (χ2v) is 8.37. The topological polar surface area (TPSA) is 86.0 Å². The highest BCUT2D eigenvalue weighted by Crippen LogP contribution is 2.36. The molecule has 4 rings (SSSR count). The quantitative estimate of drug-likeness (QED) is 0.152. The van der Waals surface area contributed by atoms with Crippen molar-refractivity contribution in [2.45, 2.75) is 60.8 Å². The number of aldehydes is 1. The third-order valence-electron chi connectivity index (χ3n) is 5.13. The number of carbonyl (C=O) groups is 1. The fourth-order valence-corrected chi connectivity index (χ4v) is 4.23. The first-order chi connectivity index (χ1) is 17.3. The SMILES string of the molecule is CC.CC.CCC(C)c1ccnc2cc(-c3ccc(C=O)cn3)sc12.Cc1ccc([N+](=O)[O-])cc1F. The number of benzene rings is 1. The standard InChI is InChI=1S/C17H16N2OS.C7H6FNO2.2C2H6/c1-3-11(2)13-6-7-18-15-8-16(21-17(13)15)14-5-4-12(10-20)9-19-14;1-5-2-3-6(9(10)11)4-7(5)8;2*1-2/h4-11H,3H2,1-2H3;2-4H,1H3;2*1-2H3. The summed E-state index contributed by atoms with van der Waals surface area (Å²) in [4.78, 5) is 30.1. The van der Waals surface area contributed by atoms with Crippen LogP contribution in [0.5, 0.6) is 0 Å². The lowest BCUT2D eigenvalue weighted by atomic mass is 9.99. The van der Waals surface area contributed by atoms with Crippen LogP contribution in [0.1, 0.15) is 75.4 Å². The summed E-state index contributed by atoms with van der Waals surface area (Å²) in [6, 6.07) is 11.4. The molecule has 192 valence electrons. The summed E-state index contributed by atoms with van der Waals surface area (Å²) < 4.78 is 13.9. The van der Waals surface area contributed by atoms with E-state index in [0.717, 1.165) is 34.9 Å². The molecule has 3 aromatic heterocycles. The van der Waals surface area contributed by atoms with Crippen molar-refractivity contribution in [3.63, 3.8) is 0 Å². The predicted molar refractivity (Wildman–Crippen MR) is 147 cm³/mol. The number of carbonyl (C=O) groups excluding carboxylic acids is 1. The molecule has 1 aromatic carbocycles. The van der Waals surface area contributed by atoms with Gasteiger partial charge in [-0.25, -0.2) is 4.39 Å². The Balaban J connectivity index is 0.000000366. The van der Waals surface area contributed by atoms with Crippen molar-refractivity contribution in [3.8, 4) is 10.6 Å². The molecular weight excluding hydrogens is 477 g/mol. The molecule has 0 fully saturated rings. The summed E-state index contributed by atoms with van der Waals surface area (Å²) in [5, 5.41) is 10.1. The number of nitrogens with zero attached hydrogens (tertiary/aromatic N) is 3. The van der Waals surface area contributed by atoms with Crippen molar-refractivity contribution in [3.05, 3.63) is 87.5 Å². The number of hydrogen-bond donors (Lipinski definition) is 0. The molecule has 6 nitrogen and oxygen atoms in total. The van der Waals surface area contributed by atoms with Gasteiger partial charge in [-0.15, -0.1) is 11.3 Å². The van der Waals surface area contributed by atoms with E-state index >= 15 is 0 Å². The molecule has 0 saturated heterocycles. The second kappa shape index (κ2) is 15.5. The van der Waals surface area contributed by atoms with E-state index in [9.17, 15) is 19.3 Å². The average Bonchev–Trinajstić information content (AvgIpc) is 3.37. The van der Waals surface area contributed by atoms with Gasteiger partial charge in [0.05, 0.1) is 31.8 Å². The minimum atomic E-state index is -0.622. The molecule has 8 heteroatoms. The van der Waals surface area contributed by atoms with Crippen LogP contribution in [0.3, 0.4) is 0 Å². The number of thiophene rings is 1. The third-order valence-corrected chi connectivity index (χ3v) is 6.32. The number of nitro benzene ring substituents is 1. The molecule has 4 aromatic rings. The number of nitro groups is 1. The van der Waals surface area contributed by atoms with Gasteiger partial charge in [0.25, 0.3) is 5.69 Å². The summed E-state index contributed by atoms with van der Waals surface area (Å²) in [7, 11) is 0. The van der Waals surface area contributed by atoms with Gasteiger partial charge in [-0.05, 0) is 60.7 Å². The average molecular weight is 512 g/mol. The Labute approximate surface area is 216 Å². The van der Waals surface area contributed by atoms with Crippen molar-refractivity contribution in [1.82, 2.24) is 9.97 Å². The molecule has 0 bridgehead atoms. The molecule has 0 spiro atoms. The molecule has 0 aliphatic rings. The summed E-state index contributed by atoms with van der Waals surface area (Å²) in [5.74, 6) is -0.0217. The van der Waals surface area contributed by atoms with Gasteiger partial charge in [0.15, 0.2) is 6.29 Å². The number of fused-ring (bicyclic) bond motifs is 1. The number of pyridine rings is 2. The first-order valence-electron chi connectivity index (χ1n) is 12.0. The Kier molecular flexibility index (Phi) is 13.1. The molecule has 0 saturated carbocycles. The van der Waals surface area contributed by atoms with Gasteiger partial charge in [0.2, 0.25) is 0 Å². The van der Waals surface area contributed by atoms with Gasteiger partial charge in [0, 0.05) is 24.0 Å². The smallest absolute Gasteiger partial charge is 0.272 e. The van der Waals surface area contributed by atoms with Crippen molar-refractivity contribution in [1.29, 1.82) is 0 Å². The zero-order chi connectivity index (χ0) is 27.3. The summed E-state index contributed by atoms with van der Waals surface area (Å²) in [6.45, 7) is 14.0. The maximum absolute atomic E-state index is 12.6. The van der Waals surface area contributed by atoms with Gasteiger partial charge in [-0.2, -0.15) is 0 Å². The van der Waals surface area contributed by atoms with Crippen LogP contribution in [-0.4, -0.2) is 21.2 Å². The molecule has 3 heterocycles. The Morgan fingerprint density at radius 2 is 1.78 bits per heavy atom. The fraction of sp³-hybridized carbons (Fsp3) is 0.321. The van der Waals surface area contributed by atoms with Crippen molar-refractivity contribution in [2.75, 3.05) is 0 Å². The van der Waals surface area contributed by atoms with E-state index < -0.39 is 10.7 Å². The molecule has 0 aliphatic heterocycles. The molecule has 0 N–H and O–H groups in total. The van der Waals surface area contributed by atoms with E-state index in [1.165, 1.54) is 22.4 Å². The van der Waals surface area contributed by atoms with E-state index in [-0.39, 0.29) is 5.69 Å². The molecule has 36 heavy (non-hydrogen) atoms. The monoisotopic (exact) mass is 511 g/mol. The maximum Gasteiger partial charge on any atom is 0.272 e. The lowest BCUT2D eigenvalue weighted by Crippen LogP contribution is -1.91. The highest BCUT2D eigenvalue weighted by molar-refractivity contribution is 7.22. The van der Waals surface area contributed by atoms with Crippen LogP contribution >= 0.6 is 11.3 Å². The van der Waals surface area contributed by atoms with E-state index in [1.54, 1.807) is 30.5 Å². The number of aromatic nitrogens is 2. The summed E-state index contributed by atoms with van der Waals surface area (Å²) in [6.07, 6.45) is 5.40. The minimum Gasteiger partial charge on any atom is -0.298 e. The van der Waals surface area contributed by atoms with E-state index in [2.05, 4.69) is 35.9 Å². The molecule has 1 unspecified atom stereocenters. The van der Waals surface area contributed by atoms with Crippen molar-refractivity contribution >= 4 is 33.5 Å². The highest BCUT2D eigenvalue weighted by atomic mass is 32.1. The van der Waals surface area contributed by atoms with Crippen molar-refractivity contribution < 1.29 is 14.1 Å². The van der Waals surface area contributed by atoms with Crippen LogP contribution in [0.4, 0.5) is 10.1 Å². The van der Waals surface area contributed by atoms with Crippen LogP contribution in [0, 0.1) is 22.9 Å². The fourth-order valence-electron chi connectivity index (χ4n) is 3.01. The first kappa shape index (κ1) is 30.5.